The molecule has 0 bridgehead atoms. The predicted molar refractivity (Wildman–Crippen MR) is 101 cm³/mol. The van der Waals surface area contributed by atoms with Gasteiger partial charge in [-0.15, -0.1) is 0 Å². The molecule has 5 nitrogen and oxygen atoms in total. The minimum atomic E-state index is -0.557. The lowest BCUT2D eigenvalue weighted by Gasteiger charge is -2.20. The Bertz CT molecular complexity index is 786. The third-order valence-corrected chi connectivity index (χ3v) is 4.79. The van der Waals surface area contributed by atoms with Crippen molar-refractivity contribution < 1.29 is 4.79 Å². The summed E-state index contributed by atoms with van der Waals surface area (Å²) < 4.78 is 1.01. The molecule has 124 valence electrons. The number of urea groups is 1. The molecule has 2 amide bonds. The molecule has 1 aliphatic carbocycles. The van der Waals surface area contributed by atoms with E-state index in [0.717, 1.165) is 33.5 Å². The zero-order valence-corrected chi connectivity index (χ0v) is 14.7. The van der Waals surface area contributed by atoms with Crippen LogP contribution in [0.4, 0.5) is 10.5 Å². The fourth-order valence-corrected chi connectivity index (χ4v) is 3.09. The molecule has 0 aromatic heterocycles. The monoisotopic (exact) mass is 386 g/mol. The van der Waals surface area contributed by atoms with Gasteiger partial charge in [-0.2, -0.15) is 0 Å². The fourth-order valence-electron chi connectivity index (χ4n) is 2.67. The highest BCUT2D eigenvalue weighted by Gasteiger charge is 2.27. The highest BCUT2D eigenvalue weighted by atomic mass is 79.9. The van der Waals surface area contributed by atoms with Gasteiger partial charge in [-0.05, 0) is 42.0 Å². The predicted octanol–water partition coefficient (Wildman–Crippen LogP) is 3.76. The smallest absolute Gasteiger partial charge is 0.274 e. The molecule has 0 saturated heterocycles. The third kappa shape index (κ3) is 3.51. The second-order valence-corrected chi connectivity index (χ2v) is 6.58. The van der Waals surface area contributed by atoms with E-state index in [4.69, 9.17) is 11.7 Å². The van der Waals surface area contributed by atoms with Crippen LogP contribution in [0.5, 0.6) is 0 Å². The number of nitrogens with two attached hydrogens (primary N) is 2. The molecule has 3 rings (SSSR count). The van der Waals surface area contributed by atoms with Gasteiger partial charge in [0.05, 0.1) is 5.69 Å². The number of rotatable bonds is 4. The number of nitrogens with one attached hydrogen (secondary N) is 1. The first-order valence-electron chi connectivity index (χ1n) is 7.72. The molecule has 5 N–H and O–H groups in total. The third-order valence-electron chi connectivity index (χ3n) is 4.07. The number of amides is 2. The molecule has 1 fully saturated rings. The van der Waals surface area contributed by atoms with E-state index in [1.54, 1.807) is 0 Å². The number of halogens is 1. The van der Waals surface area contributed by atoms with Crippen molar-refractivity contribution in [1.82, 2.24) is 5.43 Å². The molecular weight excluding hydrogens is 368 g/mol. The zero-order valence-electron chi connectivity index (χ0n) is 13.1. The number of hydrazine groups is 2. The van der Waals surface area contributed by atoms with E-state index < -0.39 is 6.03 Å². The van der Waals surface area contributed by atoms with Crippen LogP contribution in [0.25, 0.3) is 12.2 Å². The van der Waals surface area contributed by atoms with Crippen molar-refractivity contribution in [2.45, 2.75) is 18.8 Å². The van der Waals surface area contributed by atoms with Gasteiger partial charge >= 0.3 is 6.03 Å². The molecule has 0 aliphatic heterocycles. The molecule has 1 saturated carbocycles. The highest BCUT2D eigenvalue weighted by molar-refractivity contribution is 9.10. The Morgan fingerprint density at radius 1 is 1.17 bits per heavy atom. The minimum Gasteiger partial charge on any atom is -0.274 e. The molecule has 0 radical (unpaired) electrons. The van der Waals surface area contributed by atoms with Crippen molar-refractivity contribution in [3.8, 4) is 0 Å². The second-order valence-electron chi connectivity index (χ2n) is 5.73. The molecule has 1 aliphatic rings. The lowest BCUT2D eigenvalue weighted by atomic mass is 9.99. The average molecular weight is 387 g/mol. The van der Waals surface area contributed by atoms with E-state index in [9.17, 15) is 4.79 Å². The second kappa shape index (κ2) is 7.17. The Morgan fingerprint density at radius 2 is 1.92 bits per heavy atom. The molecule has 2 aromatic rings. The maximum atomic E-state index is 11.8. The van der Waals surface area contributed by atoms with E-state index in [-0.39, 0.29) is 0 Å². The van der Waals surface area contributed by atoms with E-state index in [0.29, 0.717) is 11.6 Å². The van der Waals surface area contributed by atoms with Crippen LogP contribution in [-0.4, -0.2) is 6.03 Å². The van der Waals surface area contributed by atoms with Crippen LogP contribution >= 0.6 is 15.9 Å². The van der Waals surface area contributed by atoms with Gasteiger partial charge < -0.3 is 0 Å². The minimum absolute atomic E-state index is 0.526. The Labute approximate surface area is 149 Å². The highest BCUT2D eigenvalue weighted by Crippen LogP contribution is 2.44. The number of carbonyl (C=O) groups is 1. The first-order valence-corrected chi connectivity index (χ1v) is 8.52. The van der Waals surface area contributed by atoms with Crippen LogP contribution in [0, 0.1) is 0 Å². The van der Waals surface area contributed by atoms with Crippen LogP contribution in [0.15, 0.2) is 46.9 Å². The van der Waals surface area contributed by atoms with Gasteiger partial charge in [0.15, 0.2) is 0 Å². The molecule has 0 heterocycles. The SMILES string of the molecule is NNC(=O)N(N)c1cccc(C2CC2)c1/C=C/c1ccccc1Br. The van der Waals surface area contributed by atoms with E-state index in [1.807, 2.05) is 48.6 Å². The summed E-state index contributed by atoms with van der Waals surface area (Å²) in [7, 11) is 0. The Morgan fingerprint density at radius 3 is 2.58 bits per heavy atom. The largest absolute Gasteiger partial charge is 0.350 e. The maximum absolute atomic E-state index is 11.8. The van der Waals surface area contributed by atoms with Gasteiger partial charge in [0.1, 0.15) is 0 Å². The van der Waals surface area contributed by atoms with Crippen LogP contribution in [-0.2, 0) is 0 Å². The van der Waals surface area contributed by atoms with Crippen LogP contribution in [0.1, 0.15) is 35.4 Å². The molecule has 24 heavy (non-hydrogen) atoms. The summed E-state index contributed by atoms with van der Waals surface area (Å²) in [6, 6.07) is 13.2. The lowest BCUT2D eigenvalue weighted by Crippen LogP contribution is -2.48. The first kappa shape index (κ1) is 16.7. The number of benzene rings is 2. The van der Waals surface area contributed by atoms with Gasteiger partial charge in [-0.1, -0.05) is 58.4 Å². The lowest BCUT2D eigenvalue weighted by molar-refractivity contribution is 0.246. The maximum Gasteiger partial charge on any atom is 0.350 e. The van der Waals surface area contributed by atoms with E-state index in [1.165, 1.54) is 5.56 Å². The Hall–Kier alpha value is -2.15. The quantitative estimate of drug-likeness (QED) is 0.323. The number of anilines is 1. The molecule has 0 atom stereocenters. The average Bonchev–Trinajstić information content (AvgIpc) is 3.44. The summed E-state index contributed by atoms with van der Waals surface area (Å²) in [6.45, 7) is 0. The van der Waals surface area contributed by atoms with Gasteiger partial charge in [-0.25, -0.2) is 21.5 Å². The molecule has 0 spiro atoms. The van der Waals surface area contributed by atoms with Crippen molar-refractivity contribution in [2.24, 2.45) is 11.7 Å². The Kier molecular flexibility index (Phi) is 4.99. The van der Waals surface area contributed by atoms with Crippen LogP contribution in [0.2, 0.25) is 0 Å². The summed E-state index contributed by atoms with van der Waals surface area (Å²) in [5.41, 5.74) is 5.91. The van der Waals surface area contributed by atoms with E-state index >= 15 is 0 Å². The Balaban J connectivity index is 2.04. The van der Waals surface area contributed by atoms with Crippen LogP contribution in [0.3, 0.4) is 0 Å². The van der Waals surface area contributed by atoms with Gasteiger partial charge in [0.25, 0.3) is 0 Å². The molecule has 2 aromatic carbocycles. The van der Waals surface area contributed by atoms with Crippen molar-refractivity contribution >= 4 is 39.8 Å². The van der Waals surface area contributed by atoms with Gasteiger partial charge in [-0.3, -0.25) is 5.43 Å². The van der Waals surface area contributed by atoms with E-state index in [2.05, 4.69) is 27.4 Å². The number of hydrogen-bond donors (Lipinski definition) is 3. The number of nitrogens with zero attached hydrogens (tertiary/aromatic N) is 1. The summed E-state index contributed by atoms with van der Waals surface area (Å²) >= 11 is 3.54. The summed E-state index contributed by atoms with van der Waals surface area (Å²) in [5.74, 6) is 11.7. The first-order chi connectivity index (χ1) is 11.6. The summed E-state index contributed by atoms with van der Waals surface area (Å²) in [6.07, 6.45) is 6.34. The molecule has 6 heteroatoms. The topological polar surface area (TPSA) is 84.4 Å². The standard InChI is InChI=1S/C18H19BrN4O/c19-16-6-2-1-4-13(16)10-11-15-14(12-8-9-12)5-3-7-17(15)23(21)18(24)22-20/h1-7,10-12H,8-9,20-21H2,(H,22,24)/b11-10+. The van der Waals surface area contributed by atoms with Crippen molar-refractivity contribution in [2.75, 3.05) is 5.01 Å². The molecule has 0 unspecified atom stereocenters. The summed E-state index contributed by atoms with van der Waals surface area (Å²) in [5, 5.41) is 1.05. The van der Waals surface area contributed by atoms with Crippen molar-refractivity contribution in [3.05, 3.63) is 63.6 Å². The fraction of sp³-hybridized carbons (Fsp3) is 0.167. The van der Waals surface area contributed by atoms with Crippen molar-refractivity contribution in [3.63, 3.8) is 0 Å². The number of carbonyl (C=O) groups excluding carboxylic acids is 1. The molecular formula is C18H19BrN4O. The van der Waals surface area contributed by atoms with Crippen LogP contribution < -0.4 is 22.1 Å². The van der Waals surface area contributed by atoms with Gasteiger partial charge in [0.2, 0.25) is 0 Å². The normalized spacial score (nSPS) is 14.0. The van der Waals surface area contributed by atoms with Crippen molar-refractivity contribution in [1.29, 1.82) is 0 Å². The summed E-state index contributed by atoms with van der Waals surface area (Å²) in [4.78, 5) is 11.8. The van der Waals surface area contributed by atoms with Gasteiger partial charge in [0, 0.05) is 10.0 Å². The zero-order chi connectivity index (χ0) is 17.1. The number of hydrogen-bond acceptors (Lipinski definition) is 3.